The van der Waals surface area contributed by atoms with Crippen LogP contribution in [0.4, 0.5) is 5.69 Å². The van der Waals surface area contributed by atoms with Gasteiger partial charge in [0.05, 0.1) is 11.6 Å². The van der Waals surface area contributed by atoms with E-state index in [2.05, 4.69) is 19.2 Å². The Morgan fingerprint density at radius 1 is 1.44 bits per heavy atom. The number of carbonyl (C=O) groups is 1. The fraction of sp³-hybridized carbons (Fsp3) is 0.385. The van der Waals surface area contributed by atoms with Gasteiger partial charge in [0.2, 0.25) is 5.91 Å². The summed E-state index contributed by atoms with van der Waals surface area (Å²) in [7, 11) is 0. The smallest absolute Gasteiger partial charge is 0.224 e. The molecule has 1 amide bonds. The SMILES string of the molecule is CCC(C)CC(=O)Nc1ccc(C#N)cc1. The number of rotatable bonds is 4. The van der Waals surface area contributed by atoms with Crippen LogP contribution in [0.3, 0.4) is 0 Å². The van der Waals surface area contributed by atoms with Crippen LogP contribution in [0.1, 0.15) is 32.3 Å². The van der Waals surface area contributed by atoms with Crippen molar-refractivity contribution in [2.24, 2.45) is 5.92 Å². The molecule has 0 radical (unpaired) electrons. The number of hydrogen-bond donors (Lipinski definition) is 1. The first-order valence-electron chi connectivity index (χ1n) is 5.45. The lowest BCUT2D eigenvalue weighted by molar-refractivity contribution is -0.117. The van der Waals surface area contributed by atoms with Gasteiger partial charge >= 0.3 is 0 Å². The maximum absolute atomic E-state index is 11.6. The Bertz CT molecular complexity index is 389. The fourth-order valence-corrected chi connectivity index (χ4v) is 1.30. The van der Waals surface area contributed by atoms with Gasteiger partial charge in [-0.15, -0.1) is 0 Å². The number of benzene rings is 1. The third kappa shape index (κ3) is 3.74. The largest absolute Gasteiger partial charge is 0.326 e. The average molecular weight is 216 g/mol. The van der Waals surface area contributed by atoms with Crippen molar-refractivity contribution in [3.63, 3.8) is 0 Å². The van der Waals surface area contributed by atoms with Crippen molar-refractivity contribution in [1.29, 1.82) is 5.26 Å². The number of nitrogens with zero attached hydrogens (tertiary/aromatic N) is 1. The minimum atomic E-state index is 0.0269. The second kappa shape index (κ2) is 5.92. The molecule has 16 heavy (non-hydrogen) atoms. The van der Waals surface area contributed by atoms with Crippen LogP contribution in [0.5, 0.6) is 0 Å². The van der Waals surface area contributed by atoms with Crippen molar-refractivity contribution in [3.05, 3.63) is 29.8 Å². The Morgan fingerprint density at radius 2 is 2.06 bits per heavy atom. The van der Waals surface area contributed by atoms with Crippen molar-refractivity contribution in [2.75, 3.05) is 5.32 Å². The van der Waals surface area contributed by atoms with Crippen LogP contribution in [-0.2, 0) is 4.79 Å². The molecule has 0 bridgehead atoms. The maximum Gasteiger partial charge on any atom is 0.224 e. The van der Waals surface area contributed by atoms with Gasteiger partial charge in [-0.2, -0.15) is 5.26 Å². The molecule has 0 aliphatic rings. The van der Waals surface area contributed by atoms with E-state index in [1.807, 2.05) is 6.07 Å². The first-order valence-corrected chi connectivity index (χ1v) is 5.45. The van der Waals surface area contributed by atoms with Gasteiger partial charge in [-0.1, -0.05) is 20.3 Å². The monoisotopic (exact) mass is 216 g/mol. The van der Waals surface area contributed by atoms with Crippen molar-refractivity contribution in [3.8, 4) is 6.07 Å². The molecule has 0 fully saturated rings. The molecule has 0 saturated carbocycles. The molecule has 3 heteroatoms. The van der Waals surface area contributed by atoms with Crippen molar-refractivity contribution in [1.82, 2.24) is 0 Å². The topological polar surface area (TPSA) is 52.9 Å². The zero-order valence-corrected chi connectivity index (χ0v) is 9.66. The van der Waals surface area contributed by atoms with Gasteiger partial charge in [0.15, 0.2) is 0 Å². The summed E-state index contributed by atoms with van der Waals surface area (Å²) in [5, 5.41) is 11.4. The number of anilines is 1. The van der Waals surface area contributed by atoms with Crippen LogP contribution < -0.4 is 5.32 Å². The van der Waals surface area contributed by atoms with E-state index in [4.69, 9.17) is 5.26 Å². The van der Waals surface area contributed by atoms with E-state index in [1.165, 1.54) is 0 Å². The average Bonchev–Trinajstić information content (AvgIpc) is 2.29. The van der Waals surface area contributed by atoms with Gasteiger partial charge in [-0.25, -0.2) is 0 Å². The number of carbonyl (C=O) groups excluding carboxylic acids is 1. The van der Waals surface area contributed by atoms with E-state index < -0.39 is 0 Å². The highest BCUT2D eigenvalue weighted by atomic mass is 16.1. The van der Waals surface area contributed by atoms with Crippen LogP contribution in [-0.4, -0.2) is 5.91 Å². The molecule has 84 valence electrons. The van der Waals surface area contributed by atoms with Crippen LogP contribution in [0.15, 0.2) is 24.3 Å². The lowest BCUT2D eigenvalue weighted by Crippen LogP contribution is -2.14. The molecule has 1 N–H and O–H groups in total. The third-order valence-electron chi connectivity index (χ3n) is 2.53. The summed E-state index contributed by atoms with van der Waals surface area (Å²) in [6, 6.07) is 8.91. The Morgan fingerprint density at radius 3 is 2.56 bits per heavy atom. The summed E-state index contributed by atoms with van der Waals surface area (Å²) >= 11 is 0. The Labute approximate surface area is 96.1 Å². The fourth-order valence-electron chi connectivity index (χ4n) is 1.30. The van der Waals surface area contributed by atoms with E-state index in [-0.39, 0.29) is 5.91 Å². The lowest BCUT2D eigenvalue weighted by Gasteiger charge is -2.08. The molecule has 0 aromatic heterocycles. The lowest BCUT2D eigenvalue weighted by atomic mass is 10.1. The zero-order chi connectivity index (χ0) is 12.0. The predicted molar refractivity (Wildman–Crippen MR) is 63.9 cm³/mol. The minimum Gasteiger partial charge on any atom is -0.326 e. The summed E-state index contributed by atoms with van der Waals surface area (Å²) in [6.45, 7) is 4.12. The second-order valence-corrected chi connectivity index (χ2v) is 3.95. The summed E-state index contributed by atoms with van der Waals surface area (Å²) in [5.41, 5.74) is 1.34. The maximum atomic E-state index is 11.6. The summed E-state index contributed by atoms with van der Waals surface area (Å²) in [6.07, 6.45) is 1.54. The number of nitrogens with one attached hydrogen (secondary N) is 1. The van der Waals surface area contributed by atoms with E-state index in [0.717, 1.165) is 12.1 Å². The molecule has 1 rings (SSSR count). The molecule has 3 nitrogen and oxygen atoms in total. The normalized spacial score (nSPS) is 11.6. The number of hydrogen-bond acceptors (Lipinski definition) is 2. The van der Waals surface area contributed by atoms with E-state index in [0.29, 0.717) is 17.9 Å². The Balaban J connectivity index is 2.53. The van der Waals surface area contributed by atoms with Crippen LogP contribution in [0.25, 0.3) is 0 Å². The molecule has 0 spiro atoms. The highest BCUT2D eigenvalue weighted by Gasteiger charge is 2.07. The number of amides is 1. The van der Waals surface area contributed by atoms with Gasteiger partial charge in [0.25, 0.3) is 0 Å². The Hall–Kier alpha value is -1.82. The second-order valence-electron chi connectivity index (χ2n) is 3.95. The first kappa shape index (κ1) is 12.3. The molecule has 1 atom stereocenters. The van der Waals surface area contributed by atoms with Crippen LogP contribution in [0, 0.1) is 17.2 Å². The van der Waals surface area contributed by atoms with Gasteiger partial charge in [0.1, 0.15) is 0 Å². The molecule has 0 aliphatic carbocycles. The summed E-state index contributed by atoms with van der Waals surface area (Å²) in [4.78, 5) is 11.6. The molecule has 1 aromatic carbocycles. The van der Waals surface area contributed by atoms with E-state index in [9.17, 15) is 4.79 Å². The highest BCUT2D eigenvalue weighted by Crippen LogP contribution is 2.12. The molecule has 1 aromatic rings. The highest BCUT2D eigenvalue weighted by molar-refractivity contribution is 5.90. The van der Waals surface area contributed by atoms with Gasteiger partial charge in [-0.05, 0) is 30.2 Å². The van der Waals surface area contributed by atoms with Crippen molar-refractivity contribution < 1.29 is 4.79 Å². The molecule has 1 unspecified atom stereocenters. The van der Waals surface area contributed by atoms with Gasteiger partial charge < -0.3 is 5.32 Å². The van der Waals surface area contributed by atoms with E-state index in [1.54, 1.807) is 24.3 Å². The third-order valence-corrected chi connectivity index (χ3v) is 2.53. The first-order chi connectivity index (χ1) is 7.65. The molecule has 0 heterocycles. The van der Waals surface area contributed by atoms with Crippen molar-refractivity contribution >= 4 is 11.6 Å². The van der Waals surface area contributed by atoms with Gasteiger partial charge in [0, 0.05) is 12.1 Å². The zero-order valence-electron chi connectivity index (χ0n) is 9.66. The van der Waals surface area contributed by atoms with Crippen LogP contribution >= 0.6 is 0 Å². The van der Waals surface area contributed by atoms with Gasteiger partial charge in [-0.3, -0.25) is 4.79 Å². The predicted octanol–water partition coefficient (Wildman–Crippen LogP) is 2.93. The number of nitriles is 1. The molecule has 0 aliphatic heterocycles. The van der Waals surface area contributed by atoms with E-state index >= 15 is 0 Å². The summed E-state index contributed by atoms with van der Waals surface area (Å²) < 4.78 is 0. The Kier molecular flexibility index (Phi) is 4.53. The minimum absolute atomic E-state index is 0.0269. The quantitative estimate of drug-likeness (QED) is 0.841. The molecular weight excluding hydrogens is 200 g/mol. The summed E-state index contributed by atoms with van der Waals surface area (Å²) in [5.74, 6) is 0.428. The van der Waals surface area contributed by atoms with Crippen LogP contribution in [0.2, 0.25) is 0 Å². The molecule has 0 saturated heterocycles. The van der Waals surface area contributed by atoms with Crippen molar-refractivity contribution in [2.45, 2.75) is 26.7 Å². The molecular formula is C13H16N2O. The standard InChI is InChI=1S/C13H16N2O/c1-3-10(2)8-13(16)15-12-6-4-11(9-14)5-7-12/h4-7,10H,3,8H2,1-2H3,(H,15,16).